The van der Waals surface area contributed by atoms with E-state index in [9.17, 15) is 22.8 Å². The van der Waals surface area contributed by atoms with Crippen LogP contribution >= 0.6 is 0 Å². The SMILES string of the molecule is Nc1ccn(-c2cn(CCCOCc3ccccc3)c(C(=O)c3cccc(C(F)(F)F)c3)n2)c(=O)c1. The number of nitrogens with two attached hydrogens (primary N) is 1. The number of ether oxygens (including phenoxy) is 1. The zero-order valence-corrected chi connectivity index (χ0v) is 19.1. The Kier molecular flexibility index (Phi) is 7.35. The summed E-state index contributed by atoms with van der Waals surface area (Å²) in [5, 5.41) is 0. The highest BCUT2D eigenvalue weighted by molar-refractivity contribution is 6.07. The summed E-state index contributed by atoms with van der Waals surface area (Å²) in [6, 6.07) is 16.5. The van der Waals surface area contributed by atoms with E-state index in [4.69, 9.17) is 10.5 Å². The third-order valence-electron chi connectivity index (χ3n) is 5.41. The molecule has 0 amide bonds. The van der Waals surface area contributed by atoms with Crippen LogP contribution in [-0.4, -0.2) is 26.5 Å². The first-order valence-electron chi connectivity index (χ1n) is 11.1. The van der Waals surface area contributed by atoms with Crippen molar-refractivity contribution in [2.75, 3.05) is 12.3 Å². The fraction of sp³-hybridized carbons (Fsp3) is 0.192. The lowest BCUT2D eigenvalue weighted by Crippen LogP contribution is -2.17. The molecule has 4 aromatic rings. The molecule has 7 nitrogen and oxygen atoms in total. The smallest absolute Gasteiger partial charge is 0.399 e. The van der Waals surface area contributed by atoms with Crippen molar-refractivity contribution in [1.29, 1.82) is 0 Å². The largest absolute Gasteiger partial charge is 0.416 e. The fourth-order valence-corrected chi connectivity index (χ4v) is 3.62. The first-order valence-corrected chi connectivity index (χ1v) is 11.1. The van der Waals surface area contributed by atoms with Gasteiger partial charge in [0.25, 0.3) is 5.56 Å². The van der Waals surface area contributed by atoms with E-state index >= 15 is 0 Å². The van der Waals surface area contributed by atoms with Gasteiger partial charge in [-0.1, -0.05) is 42.5 Å². The van der Waals surface area contributed by atoms with E-state index in [-0.39, 0.29) is 22.9 Å². The van der Waals surface area contributed by atoms with Crippen LogP contribution in [0.25, 0.3) is 5.82 Å². The Labute approximate surface area is 204 Å². The number of nitrogens with zero attached hydrogens (tertiary/aromatic N) is 3. The maximum Gasteiger partial charge on any atom is 0.416 e. The summed E-state index contributed by atoms with van der Waals surface area (Å²) in [5.74, 6) is -0.627. The molecule has 0 saturated heterocycles. The zero-order chi connectivity index (χ0) is 25.7. The lowest BCUT2D eigenvalue weighted by molar-refractivity contribution is -0.137. The standard InChI is InChI=1S/C26H23F3N4O3/c27-26(28,29)20-9-4-8-19(14-20)24(35)25-31-22(33-12-10-21(30)15-23(33)34)16-32(25)11-5-13-36-17-18-6-2-1-3-7-18/h1-4,6-10,12,14-16H,5,11,13,17,30H2. The minimum absolute atomic E-state index is 0.0869. The molecule has 2 aromatic carbocycles. The highest BCUT2D eigenvalue weighted by Gasteiger charge is 2.31. The molecule has 0 radical (unpaired) electrons. The lowest BCUT2D eigenvalue weighted by atomic mass is 10.1. The van der Waals surface area contributed by atoms with Crippen LogP contribution in [0, 0.1) is 0 Å². The molecule has 0 aliphatic heterocycles. The Morgan fingerprint density at radius 3 is 2.53 bits per heavy atom. The van der Waals surface area contributed by atoms with Crippen molar-refractivity contribution < 1.29 is 22.7 Å². The average molecular weight is 496 g/mol. The monoisotopic (exact) mass is 496 g/mol. The molecule has 0 saturated carbocycles. The number of benzene rings is 2. The maximum atomic E-state index is 13.2. The number of imidazole rings is 1. The average Bonchev–Trinajstić information content (AvgIpc) is 3.27. The number of alkyl halides is 3. The highest BCUT2D eigenvalue weighted by Crippen LogP contribution is 2.30. The molecule has 0 spiro atoms. The van der Waals surface area contributed by atoms with E-state index in [1.54, 1.807) is 0 Å². The van der Waals surface area contributed by atoms with Crippen molar-refractivity contribution in [3.8, 4) is 5.82 Å². The Morgan fingerprint density at radius 1 is 1.03 bits per heavy atom. The number of hydrogen-bond acceptors (Lipinski definition) is 5. The van der Waals surface area contributed by atoms with Crippen LogP contribution in [0.1, 0.15) is 33.7 Å². The first kappa shape index (κ1) is 24.9. The predicted octanol–water partition coefficient (Wildman–Crippen LogP) is 4.47. The molecule has 186 valence electrons. The van der Waals surface area contributed by atoms with E-state index in [1.807, 2.05) is 30.3 Å². The molecular weight excluding hydrogens is 473 g/mol. The van der Waals surface area contributed by atoms with Crippen LogP contribution < -0.4 is 11.3 Å². The van der Waals surface area contributed by atoms with Gasteiger partial charge in [-0.25, -0.2) is 4.98 Å². The van der Waals surface area contributed by atoms with Gasteiger partial charge in [0, 0.05) is 42.9 Å². The van der Waals surface area contributed by atoms with Gasteiger partial charge in [-0.2, -0.15) is 13.2 Å². The van der Waals surface area contributed by atoms with E-state index in [2.05, 4.69) is 4.98 Å². The van der Waals surface area contributed by atoms with Crippen LogP contribution in [0.5, 0.6) is 0 Å². The number of halogens is 3. The van der Waals surface area contributed by atoms with Crippen molar-refractivity contribution in [1.82, 2.24) is 14.1 Å². The van der Waals surface area contributed by atoms with Crippen molar-refractivity contribution in [2.24, 2.45) is 0 Å². The van der Waals surface area contributed by atoms with E-state index in [0.29, 0.717) is 26.2 Å². The second-order valence-electron chi connectivity index (χ2n) is 8.08. The summed E-state index contributed by atoms with van der Waals surface area (Å²) >= 11 is 0. The van der Waals surface area contributed by atoms with Gasteiger partial charge in [0.05, 0.1) is 12.2 Å². The minimum atomic E-state index is -4.59. The molecular formula is C26H23F3N4O3. The van der Waals surface area contributed by atoms with Crippen LogP contribution in [0.2, 0.25) is 0 Å². The van der Waals surface area contributed by atoms with Crippen molar-refractivity contribution >= 4 is 11.5 Å². The molecule has 0 atom stereocenters. The molecule has 0 aliphatic rings. The molecule has 2 heterocycles. The number of carbonyl (C=O) groups excluding carboxylic acids is 1. The first-order chi connectivity index (χ1) is 17.2. The summed E-state index contributed by atoms with van der Waals surface area (Å²) in [4.78, 5) is 29.9. The number of rotatable bonds is 9. The topological polar surface area (TPSA) is 92.1 Å². The van der Waals surface area contributed by atoms with Gasteiger partial charge >= 0.3 is 6.18 Å². The maximum absolute atomic E-state index is 13.2. The Hall–Kier alpha value is -4.18. The van der Waals surface area contributed by atoms with Crippen LogP contribution in [0.3, 0.4) is 0 Å². The summed E-state index contributed by atoms with van der Waals surface area (Å²) in [7, 11) is 0. The zero-order valence-electron chi connectivity index (χ0n) is 19.1. The van der Waals surface area contributed by atoms with Gasteiger partial charge in [-0.3, -0.25) is 14.2 Å². The molecule has 2 N–H and O–H groups in total. The number of hydrogen-bond donors (Lipinski definition) is 1. The Bertz CT molecular complexity index is 1410. The van der Waals surface area contributed by atoms with E-state index < -0.39 is 23.1 Å². The third kappa shape index (κ3) is 5.89. The van der Waals surface area contributed by atoms with Gasteiger partial charge in [0.1, 0.15) is 0 Å². The number of nitrogen functional groups attached to an aromatic ring is 1. The molecule has 2 aromatic heterocycles. The number of ketones is 1. The predicted molar refractivity (Wildman–Crippen MR) is 128 cm³/mol. The molecule has 36 heavy (non-hydrogen) atoms. The number of aryl methyl sites for hydroxylation is 1. The quantitative estimate of drug-likeness (QED) is 0.273. The van der Waals surface area contributed by atoms with Gasteiger partial charge in [0.2, 0.25) is 5.78 Å². The fourth-order valence-electron chi connectivity index (χ4n) is 3.62. The summed E-state index contributed by atoms with van der Waals surface area (Å²) < 4.78 is 48.0. The summed E-state index contributed by atoms with van der Waals surface area (Å²) in [6.45, 7) is 1.10. The second-order valence-corrected chi connectivity index (χ2v) is 8.08. The Balaban J connectivity index is 1.58. The van der Waals surface area contributed by atoms with Gasteiger partial charge in [0.15, 0.2) is 11.6 Å². The highest BCUT2D eigenvalue weighted by atomic mass is 19.4. The molecule has 0 aliphatic carbocycles. The normalized spacial score (nSPS) is 11.5. The minimum Gasteiger partial charge on any atom is -0.399 e. The molecule has 10 heteroatoms. The Morgan fingerprint density at radius 2 is 1.81 bits per heavy atom. The summed E-state index contributed by atoms with van der Waals surface area (Å²) in [5.41, 5.74) is 5.39. The van der Waals surface area contributed by atoms with Crippen molar-refractivity contribution in [2.45, 2.75) is 25.7 Å². The number of aromatic nitrogens is 3. The number of carbonyl (C=O) groups is 1. The van der Waals surface area contributed by atoms with E-state index in [0.717, 1.165) is 17.7 Å². The number of anilines is 1. The van der Waals surface area contributed by atoms with Crippen LogP contribution in [-0.2, 0) is 24.1 Å². The lowest BCUT2D eigenvalue weighted by Gasteiger charge is -2.10. The van der Waals surface area contributed by atoms with Crippen LogP contribution in [0.15, 0.2) is 83.9 Å². The van der Waals surface area contributed by atoms with Crippen molar-refractivity contribution in [3.63, 3.8) is 0 Å². The molecule has 4 rings (SSSR count). The second kappa shape index (κ2) is 10.6. The molecule has 0 unspecified atom stereocenters. The summed E-state index contributed by atoms with van der Waals surface area (Å²) in [6.07, 6.45) is -1.16. The van der Waals surface area contributed by atoms with Crippen molar-refractivity contribution in [3.05, 3.63) is 112 Å². The molecule has 0 fully saturated rings. The van der Waals surface area contributed by atoms with Gasteiger partial charge in [-0.15, -0.1) is 0 Å². The van der Waals surface area contributed by atoms with Gasteiger partial charge < -0.3 is 15.0 Å². The van der Waals surface area contributed by atoms with Gasteiger partial charge in [-0.05, 0) is 30.2 Å². The molecule has 0 bridgehead atoms. The third-order valence-corrected chi connectivity index (χ3v) is 5.41. The van der Waals surface area contributed by atoms with Crippen LogP contribution in [0.4, 0.5) is 18.9 Å². The number of pyridine rings is 1. The van der Waals surface area contributed by atoms with E-state index in [1.165, 1.54) is 45.8 Å².